The molecule has 0 aromatic carbocycles. The fourth-order valence-corrected chi connectivity index (χ4v) is 3.35. The van der Waals surface area contributed by atoms with Crippen molar-refractivity contribution in [3.63, 3.8) is 0 Å². The minimum absolute atomic E-state index is 0.00934. The average Bonchev–Trinajstić information content (AvgIpc) is 2.44. The Balaban J connectivity index is 2.33. The molecule has 1 aliphatic heterocycles. The topological polar surface area (TPSA) is 84.0 Å². The van der Waals surface area contributed by atoms with Crippen LogP contribution in [0.2, 0.25) is 0 Å². The van der Waals surface area contributed by atoms with Gasteiger partial charge in [-0.05, 0) is 13.8 Å². The molecule has 0 radical (unpaired) electrons. The van der Waals surface area contributed by atoms with Crippen molar-refractivity contribution in [3.05, 3.63) is 12.2 Å². The smallest absolute Gasteiger partial charge is 0.320 e. The molecule has 1 aliphatic rings. The van der Waals surface area contributed by atoms with Crippen LogP contribution in [-0.2, 0) is 24.2 Å². The first-order valence-electron chi connectivity index (χ1n) is 7.24. The molecule has 0 saturated carbocycles. The lowest BCUT2D eigenvalue weighted by Crippen LogP contribution is -2.43. The summed E-state index contributed by atoms with van der Waals surface area (Å²) in [6, 6.07) is 0. The van der Waals surface area contributed by atoms with Crippen LogP contribution in [0.15, 0.2) is 12.2 Å². The van der Waals surface area contributed by atoms with Gasteiger partial charge in [0.1, 0.15) is 0 Å². The first-order valence-corrected chi connectivity index (χ1v) is 9.06. The van der Waals surface area contributed by atoms with Gasteiger partial charge in [-0.25, -0.2) is 8.42 Å². The molecule has 0 aliphatic carbocycles. The highest BCUT2D eigenvalue weighted by molar-refractivity contribution is 7.91. The van der Waals surface area contributed by atoms with Crippen molar-refractivity contribution in [3.8, 4) is 0 Å². The minimum atomic E-state index is -2.97. The van der Waals surface area contributed by atoms with Gasteiger partial charge in [-0.15, -0.1) is 0 Å². The van der Waals surface area contributed by atoms with Gasteiger partial charge in [-0.1, -0.05) is 12.2 Å². The second-order valence-electron chi connectivity index (χ2n) is 5.45. The van der Waals surface area contributed by atoms with Gasteiger partial charge in [0.25, 0.3) is 5.91 Å². The highest BCUT2D eigenvalue weighted by atomic mass is 32.2. The number of esters is 1. The molecule has 0 atom stereocenters. The Hall–Kier alpha value is -1.41. The monoisotopic (exact) mass is 332 g/mol. The number of hydrogen-bond donors (Lipinski definition) is 0. The van der Waals surface area contributed by atoms with E-state index in [0.29, 0.717) is 26.2 Å². The zero-order valence-corrected chi connectivity index (χ0v) is 14.0. The standard InChI is InChI=1S/C14H24N2O5S/c1-4-16(9-12(2)3)13(17)11-21-14(18)10-15-5-7-22(19,20)8-6-15/h2,4-11H2,1,3H3. The van der Waals surface area contributed by atoms with Gasteiger partial charge in [0.2, 0.25) is 0 Å². The maximum absolute atomic E-state index is 11.9. The van der Waals surface area contributed by atoms with Crippen LogP contribution in [0.4, 0.5) is 0 Å². The third-order valence-corrected chi connectivity index (χ3v) is 4.95. The molecule has 1 rings (SSSR count). The van der Waals surface area contributed by atoms with Gasteiger partial charge < -0.3 is 9.64 Å². The third kappa shape index (κ3) is 6.57. The van der Waals surface area contributed by atoms with Crippen molar-refractivity contribution in [2.45, 2.75) is 13.8 Å². The zero-order chi connectivity index (χ0) is 16.8. The molecule has 1 saturated heterocycles. The molecule has 0 aromatic rings. The van der Waals surface area contributed by atoms with Crippen LogP contribution < -0.4 is 0 Å². The number of carbonyl (C=O) groups excluding carboxylic acids is 2. The Bertz CT molecular complexity index is 515. The quantitative estimate of drug-likeness (QED) is 0.469. The molecule has 0 aromatic heterocycles. The second-order valence-corrected chi connectivity index (χ2v) is 7.76. The zero-order valence-electron chi connectivity index (χ0n) is 13.2. The molecule has 1 fully saturated rings. The highest BCUT2D eigenvalue weighted by Gasteiger charge is 2.24. The van der Waals surface area contributed by atoms with Crippen molar-refractivity contribution in [2.75, 3.05) is 50.8 Å². The minimum Gasteiger partial charge on any atom is -0.455 e. The van der Waals surface area contributed by atoms with Crippen LogP contribution >= 0.6 is 0 Å². The summed E-state index contributed by atoms with van der Waals surface area (Å²) in [6.45, 7) is 8.74. The largest absolute Gasteiger partial charge is 0.455 e. The third-order valence-electron chi connectivity index (χ3n) is 3.34. The average molecular weight is 332 g/mol. The SMILES string of the molecule is C=C(C)CN(CC)C(=O)COC(=O)CN1CCS(=O)(=O)CC1. The molecule has 0 spiro atoms. The number of ether oxygens (including phenoxy) is 1. The molecule has 22 heavy (non-hydrogen) atoms. The number of hydrogen-bond acceptors (Lipinski definition) is 6. The van der Waals surface area contributed by atoms with Crippen LogP contribution in [0.3, 0.4) is 0 Å². The van der Waals surface area contributed by atoms with E-state index in [1.807, 2.05) is 13.8 Å². The molecular formula is C14H24N2O5S. The van der Waals surface area contributed by atoms with Gasteiger partial charge >= 0.3 is 5.97 Å². The Labute approximate surface area is 131 Å². The summed E-state index contributed by atoms with van der Waals surface area (Å²) in [5, 5.41) is 0. The van der Waals surface area contributed by atoms with E-state index in [-0.39, 0.29) is 30.6 Å². The van der Waals surface area contributed by atoms with Crippen LogP contribution in [0.25, 0.3) is 0 Å². The Morgan fingerprint density at radius 1 is 1.27 bits per heavy atom. The van der Waals surface area contributed by atoms with Crippen molar-refractivity contribution < 1.29 is 22.7 Å². The fourth-order valence-electron chi connectivity index (χ4n) is 2.07. The van der Waals surface area contributed by atoms with E-state index >= 15 is 0 Å². The molecule has 0 N–H and O–H groups in total. The van der Waals surface area contributed by atoms with Gasteiger partial charge in [-0.2, -0.15) is 0 Å². The lowest BCUT2D eigenvalue weighted by molar-refractivity contribution is -0.152. The predicted molar refractivity (Wildman–Crippen MR) is 83.1 cm³/mol. The lowest BCUT2D eigenvalue weighted by Gasteiger charge is -2.25. The van der Waals surface area contributed by atoms with Crippen LogP contribution in [0.1, 0.15) is 13.8 Å². The highest BCUT2D eigenvalue weighted by Crippen LogP contribution is 2.04. The molecular weight excluding hydrogens is 308 g/mol. The summed E-state index contributed by atoms with van der Waals surface area (Å²) in [5.74, 6) is -0.665. The van der Waals surface area contributed by atoms with Gasteiger partial charge in [-0.3, -0.25) is 14.5 Å². The van der Waals surface area contributed by atoms with Gasteiger partial charge in [0.05, 0.1) is 18.1 Å². The van der Waals surface area contributed by atoms with Gasteiger partial charge in [0, 0.05) is 26.2 Å². The van der Waals surface area contributed by atoms with E-state index in [9.17, 15) is 18.0 Å². The van der Waals surface area contributed by atoms with E-state index < -0.39 is 15.8 Å². The molecule has 126 valence electrons. The van der Waals surface area contributed by atoms with Crippen LogP contribution in [-0.4, -0.2) is 80.9 Å². The molecule has 0 bridgehead atoms. The van der Waals surface area contributed by atoms with Crippen molar-refractivity contribution in [2.24, 2.45) is 0 Å². The molecule has 1 heterocycles. The summed E-state index contributed by atoms with van der Waals surface area (Å²) >= 11 is 0. The van der Waals surface area contributed by atoms with Crippen molar-refractivity contribution in [1.29, 1.82) is 0 Å². The summed E-state index contributed by atoms with van der Waals surface area (Å²) in [6.07, 6.45) is 0. The van der Waals surface area contributed by atoms with Crippen molar-refractivity contribution in [1.82, 2.24) is 9.80 Å². The first-order chi connectivity index (χ1) is 10.2. The van der Waals surface area contributed by atoms with Crippen molar-refractivity contribution >= 4 is 21.7 Å². The van der Waals surface area contributed by atoms with E-state index in [0.717, 1.165) is 5.57 Å². The number of carbonyl (C=O) groups is 2. The van der Waals surface area contributed by atoms with E-state index in [1.165, 1.54) is 0 Å². The number of amides is 1. The Morgan fingerprint density at radius 2 is 1.86 bits per heavy atom. The van der Waals surface area contributed by atoms with Crippen LogP contribution in [0, 0.1) is 0 Å². The summed E-state index contributed by atoms with van der Waals surface area (Å²) < 4.78 is 27.6. The summed E-state index contributed by atoms with van der Waals surface area (Å²) in [5.41, 5.74) is 0.857. The lowest BCUT2D eigenvalue weighted by atomic mass is 10.3. The molecule has 7 nitrogen and oxygen atoms in total. The maximum atomic E-state index is 11.9. The summed E-state index contributed by atoms with van der Waals surface area (Å²) in [4.78, 5) is 26.9. The fraction of sp³-hybridized carbons (Fsp3) is 0.714. The number of likely N-dealkylation sites (N-methyl/N-ethyl adjacent to an activating group) is 1. The number of rotatable bonds is 7. The number of sulfone groups is 1. The first kappa shape index (κ1) is 18.6. The van der Waals surface area contributed by atoms with E-state index in [1.54, 1.807) is 9.80 Å². The molecule has 0 unspecified atom stereocenters. The van der Waals surface area contributed by atoms with E-state index in [4.69, 9.17) is 4.74 Å². The Kier molecular flexibility index (Phi) is 7.02. The maximum Gasteiger partial charge on any atom is 0.320 e. The normalized spacial score (nSPS) is 17.7. The van der Waals surface area contributed by atoms with Crippen LogP contribution in [0.5, 0.6) is 0 Å². The number of nitrogens with zero attached hydrogens (tertiary/aromatic N) is 2. The Morgan fingerprint density at radius 3 is 2.36 bits per heavy atom. The molecule has 1 amide bonds. The molecule has 8 heteroatoms. The second kappa shape index (κ2) is 8.28. The summed E-state index contributed by atoms with van der Waals surface area (Å²) in [7, 11) is -2.97. The predicted octanol–water partition coefficient (Wildman–Crippen LogP) is -0.315. The van der Waals surface area contributed by atoms with E-state index in [2.05, 4.69) is 6.58 Å². The van der Waals surface area contributed by atoms with Gasteiger partial charge in [0.15, 0.2) is 16.4 Å².